The van der Waals surface area contributed by atoms with Gasteiger partial charge >= 0.3 is 0 Å². The number of hydrogen-bond donors (Lipinski definition) is 0. The lowest BCUT2D eigenvalue weighted by Crippen LogP contribution is -1.87. The molecule has 0 radical (unpaired) electrons. The molecule has 0 bridgehead atoms. The molecular formula is C9H4ClF2N. The van der Waals surface area contributed by atoms with E-state index in [2.05, 4.69) is 4.98 Å². The van der Waals surface area contributed by atoms with Crippen molar-refractivity contribution in [3.05, 3.63) is 41.2 Å². The zero-order chi connectivity index (χ0) is 9.42. The van der Waals surface area contributed by atoms with Crippen LogP contribution in [-0.4, -0.2) is 4.98 Å². The molecule has 66 valence electrons. The summed E-state index contributed by atoms with van der Waals surface area (Å²) in [6.07, 6.45) is 2.66. The Morgan fingerprint density at radius 3 is 2.77 bits per heavy atom. The molecule has 1 heterocycles. The van der Waals surface area contributed by atoms with Crippen LogP contribution in [0.2, 0.25) is 5.02 Å². The molecule has 1 aromatic heterocycles. The van der Waals surface area contributed by atoms with Crippen LogP contribution in [0, 0.1) is 11.6 Å². The Labute approximate surface area is 78.0 Å². The highest BCUT2D eigenvalue weighted by atomic mass is 35.5. The Balaban J connectivity index is 2.97. The van der Waals surface area contributed by atoms with E-state index in [0.717, 1.165) is 6.07 Å². The van der Waals surface area contributed by atoms with Crippen molar-refractivity contribution in [2.24, 2.45) is 0 Å². The lowest BCUT2D eigenvalue weighted by molar-refractivity contribution is 0.617. The Morgan fingerprint density at radius 2 is 2.00 bits per heavy atom. The standard InChI is InChI=1S/C9H4ClF2N/c10-7-3-8(11)6-4-13-2-1-5(6)9(7)12/h1-4H. The average Bonchev–Trinajstić information content (AvgIpc) is 2.15. The number of hydrogen-bond acceptors (Lipinski definition) is 1. The van der Waals surface area contributed by atoms with E-state index in [1.165, 1.54) is 18.5 Å². The number of halogens is 3. The van der Waals surface area contributed by atoms with Crippen LogP contribution in [0.4, 0.5) is 8.78 Å². The van der Waals surface area contributed by atoms with Crippen LogP contribution in [0.15, 0.2) is 24.5 Å². The number of fused-ring (bicyclic) bond motifs is 1. The van der Waals surface area contributed by atoms with Crippen LogP contribution in [-0.2, 0) is 0 Å². The molecule has 0 atom stereocenters. The molecule has 0 aliphatic heterocycles. The molecule has 0 spiro atoms. The largest absolute Gasteiger partial charge is 0.264 e. The van der Waals surface area contributed by atoms with E-state index >= 15 is 0 Å². The summed E-state index contributed by atoms with van der Waals surface area (Å²) < 4.78 is 26.4. The second kappa shape index (κ2) is 2.92. The van der Waals surface area contributed by atoms with Crippen LogP contribution in [0.25, 0.3) is 10.8 Å². The van der Waals surface area contributed by atoms with Crippen molar-refractivity contribution in [3.63, 3.8) is 0 Å². The summed E-state index contributed by atoms with van der Waals surface area (Å²) in [5.41, 5.74) is 0. The van der Waals surface area contributed by atoms with E-state index in [1.54, 1.807) is 0 Å². The van der Waals surface area contributed by atoms with Gasteiger partial charge in [-0.15, -0.1) is 0 Å². The van der Waals surface area contributed by atoms with Gasteiger partial charge in [0.25, 0.3) is 0 Å². The van der Waals surface area contributed by atoms with E-state index < -0.39 is 11.6 Å². The molecule has 0 N–H and O–H groups in total. The molecule has 0 unspecified atom stereocenters. The minimum absolute atomic E-state index is 0.143. The molecule has 0 aliphatic rings. The Hall–Kier alpha value is -1.22. The summed E-state index contributed by atoms with van der Waals surface area (Å²) >= 11 is 5.46. The second-order valence-electron chi connectivity index (χ2n) is 2.58. The van der Waals surface area contributed by atoms with Gasteiger partial charge in [-0.05, 0) is 12.1 Å². The molecule has 0 saturated carbocycles. The van der Waals surface area contributed by atoms with Crippen molar-refractivity contribution in [1.82, 2.24) is 4.98 Å². The lowest BCUT2D eigenvalue weighted by Gasteiger charge is -2.01. The summed E-state index contributed by atoms with van der Waals surface area (Å²) in [5.74, 6) is -1.17. The fourth-order valence-electron chi connectivity index (χ4n) is 1.16. The molecule has 0 fully saturated rings. The van der Waals surface area contributed by atoms with E-state index in [-0.39, 0.29) is 15.8 Å². The number of rotatable bonds is 0. The predicted octanol–water partition coefficient (Wildman–Crippen LogP) is 3.17. The summed E-state index contributed by atoms with van der Waals surface area (Å²) in [6, 6.07) is 2.33. The van der Waals surface area contributed by atoms with Crippen molar-refractivity contribution >= 4 is 22.4 Å². The quantitative estimate of drug-likeness (QED) is 0.594. The molecule has 0 aliphatic carbocycles. The summed E-state index contributed by atoms with van der Waals surface area (Å²) in [4.78, 5) is 3.69. The fraction of sp³-hybridized carbons (Fsp3) is 0. The van der Waals surface area contributed by atoms with Gasteiger partial charge in [0, 0.05) is 23.2 Å². The third-order valence-corrected chi connectivity index (χ3v) is 2.05. The maximum atomic E-state index is 13.3. The van der Waals surface area contributed by atoms with Gasteiger partial charge in [-0.2, -0.15) is 0 Å². The highest BCUT2D eigenvalue weighted by Gasteiger charge is 2.09. The molecule has 13 heavy (non-hydrogen) atoms. The average molecular weight is 200 g/mol. The molecule has 2 aromatic rings. The Bertz CT molecular complexity index is 470. The summed E-state index contributed by atoms with van der Waals surface area (Å²) in [7, 11) is 0. The highest BCUT2D eigenvalue weighted by Crippen LogP contribution is 2.26. The first-order valence-electron chi connectivity index (χ1n) is 3.57. The molecule has 4 heteroatoms. The third-order valence-electron chi connectivity index (χ3n) is 1.78. The molecule has 1 nitrogen and oxygen atoms in total. The molecule has 2 rings (SSSR count). The normalized spacial score (nSPS) is 10.7. The van der Waals surface area contributed by atoms with Gasteiger partial charge in [0.2, 0.25) is 0 Å². The first-order chi connectivity index (χ1) is 6.20. The van der Waals surface area contributed by atoms with Crippen molar-refractivity contribution in [2.45, 2.75) is 0 Å². The van der Waals surface area contributed by atoms with Crippen LogP contribution in [0.5, 0.6) is 0 Å². The van der Waals surface area contributed by atoms with E-state index in [0.29, 0.717) is 0 Å². The minimum Gasteiger partial charge on any atom is -0.264 e. The van der Waals surface area contributed by atoms with Crippen LogP contribution in [0.1, 0.15) is 0 Å². The number of pyridine rings is 1. The van der Waals surface area contributed by atoms with Crippen LogP contribution >= 0.6 is 11.6 Å². The van der Waals surface area contributed by atoms with Crippen molar-refractivity contribution in [1.29, 1.82) is 0 Å². The van der Waals surface area contributed by atoms with E-state index in [9.17, 15) is 8.78 Å². The molecule has 0 amide bonds. The zero-order valence-electron chi connectivity index (χ0n) is 6.39. The van der Waals surface area contributed by atoms with Crippen LogP contribution < -0.4 is 0 Å². The topological polar surface area (TPSA) is 12.9 Å². The van der Waals surface area contributed by atoms with Crippen molar-refractivity contribution < 1.29 is 8.78 Å². The van der Waals surface area contributed by atoms with E-state index in [1.807, 2.05) is 0 Å². The minimum atomic E-state index is -0.611. The Morgan fingerprint density at radius 1 is 1.23 bits per heavy atom. The smallest absolute Gasteiger partial charge is 0.149 e. The molecule has 1 aromatic carbocycles. The SMILES string of the molecule is Fc1cc(Cl)c(F)c2ccncc12. The molecule has 0 saturated heterocycles. The van der Waals surface area contributed by atoms with Crippen LogP contribution in [0.3, 0.4) is 0 Å². The maximum absolute atomic E-state index is 13.3. The van der Waals surface area contributed by atoms with Gasteiger partial charge in [-0.3, -0.25) is 4.98 Å². The highest BCUT2D eigenvalue weighted by molar-refractivity contribution is 6.31. The van der Waals surface area contributed by atoms with Gasteiger partial charge in [0.15, 0.2) is 0 Å². The van der Waals surface area contributed by atoms with Gasteiger partial charge in [0.1, 0.15) is 11.6 Å². The summed E-state index contributed by atoms with van der Waals surface area (Å²) in [6.45, 7) is 0. The molecular weight excluding hydrogens is 196 g/mol. The maximum Gasteiger partial charge on any atom is 0.149 e. The first kappa shape index (κ1) is 8.38. The van der Waals surface area contributed by atoms with Crippen molar-refractivity contribution in [3.8, 4) is 0 Å². The third kappa shape index (κ3) is 1.25. The van der Waals surface area contributed by atoms with Gasteiger partial charge in [0.05, 0.1) is 5.02 Å². The van der Waals surface area contributed by atoms with Gasteiger partial charge in [-0.1, -0.05) is 11.6 Å². The van der Waals surface area contributed by atoms with Gasteiger partial charge in [-0.25, -0.2) is 8.78 Å². The zero-order valence-corrected chi connectivity index (χ0v) is 7.15. The van der Waals surface area contributed by atoms with Crippen molar-refractivity contribution in [2.75, 3.05) is 0 Å². The number of nitrogens with zero attached hydrogens (tertiary/aromatic N) is 1. The number of benzene rings is 1. The Kier molecular flexibility index (Phi) is 1.88. The predicted molar refractivity (Wildman–Crippen MR) is 46.7 cm³/mol. The van der Waals surface area contributed by atoms with Gasteiger partial charge < -0.3 is 0 Å². The monoisotopic (exact) mass is 199 g/mol. The summed E-state index contributed by atoms with van der Waals surface area (Å²) in [5, 5.41) is 0.0839. The fourth-order valence-corrected chi connectivity index (χ4v) is 1.35. The van der Waals surface area contributed by atoms with E-state index in [4.69, 9.17) is 11.6 Å². The number of aromatic nitrogens is 1. The first-order valence-corrected chi connectivity index (χ1v) is 3.95. The second-order valence-corrected chi connectivity index (χ2v) is 2.98. The lowest BCUT2D eigenvalue weighted by atomic mass is 10.1.